The highest BCUT2D eigenvalue weighted by Crippen LogP contribution is 2.46. The second-order valence-corrected chi connectivity index (χ2v) is 7.58. The fourth-order valence-corrected chi connectivity index (χ4v) is 3.90. The van der Waals surface area contributed by atoms with Crippen LogP contribution in [0.2, 0.25) is 0 Å². The number of nitriles is 1. The molecule has 3 aromatic carbocycles. The molecule has 1 atom stereocenters. The SMILES string of the molecule is CCOc1ccc(C(=O)Oc2ccc3c(c2)OC(N)=C(C#N)C3c2ccc(OC)cc2OC)cc1. The van der Waals surface area contributed by atoms with Crippen molar-refractivity contribution in [2.24, 2.45) is 5.73 Å². The monoisotopic (exact) mass is 472 g/mol. The highest BCUT2D eigenvalue weighted by molar-refractivity contribution is 5.91. The molecule has 178 valence electrons. The van der Waals surface area contributed by atoms with Gasteiger partial charge in [-0.05, 0) is 43.3 Å². The van der Waals surface area contributed by atoms with Gasteiger partial charge in [-0.2, -0.15) is 5.26 Å². The summed E-state index contributed by atoms with van der Waals surface area (Å²) in [6, 6.07) is 19.1. The lowest BCUT2D eigenvalue weighted by molar-refractivity contribution is 0.0734. The molecule has 0 bridgehead atoms. The average molecular weight is 472 g/mol. The van der Waals surface area contributed by atoms with Gasteiger partial charge in [0.05, 0.1) is 32.3 Å². The van der Waals surface area contributed by atoms with E-state index in [1.165, 1.54) is 0 Å². The number of nitrogens with zero attached hydrogens (tertiary/aromatic N) is 1. The summed E-state index contributed by atoms with van der Waals surface area (Å²) in [6.45, 7) is 2.42. The Hall–Kier alpha value is -4.64. The molecule has 0 saturated heterocycles. The number of methoxy groups -OCH3 is 2. The molecule has 8 nitrogen and oxygen atoms in total. The van der Waals surface area contributed by atoms with Crippen LogP contribution in [-0.2, 0) is 0 Å². The molecule has 0 spiro atoms. The predicted octanol–water partition coefficient (Wildman–Crippen LogP) is 4.54. The van der Waals surface area contributed by atoms with Crippen LogP contribution < -0.4 is 29.4 Å². The van der Waals surface area contributed by atoms with Crippen LogP contribution in [0.3, 0.4) is 0 Å². The van der Waals surface area contributed by atoms with Crippen molar-refractivity contribution in [1.29, 1.82) is 5.26 Å². The number of hydrogen-bond donors (Lipinski definition) is 1. The second kappa shape index (κ2) is 10.1. The molecule has 0 amide bonds. The average Bonchev–Trinajstić information content (AvgIpc) is 2.88. The highest BCUT2D eigenvalue weighted by atomic mass is 16.5. The minimum absolute atomic E-state index is 0.0298. The topological polar surface area (TPSA) is 113 Å². The zero-order valence-corrected chi connectivity index (χ0v) is 19.5. The molecule has 1 aliphatic rings. The summed E-state index contributed by atoms with van der Waals surface area (Å²) >= 11 is 0. The largest absolute Gasteiger partial charge is 0.497 e. The van der Waals surface area contributed by atoms with Crippen molar-refractivity contribution in [2.45, 2.75) is 12.8 Å². The van der Waals surface area contributed by atoms with E-state index >= 15 is 0 Å². The molecule has 4 rings (SSSR count). The first-order chi connectivity index (χ1) is 17.0. The molecule has 1 heterocycles. The summed E-state index contributed by atoms with van der Waals surface area (Å²) < 4.78 is 27.5. The molecule has 2 N–H and O–H groups in total. The van der Waals surface area contributed by atoms with E-state index in [0.717, 1.165) is 5.56 Å². The van der Waals surface area contributed by atoms with Gasteiger partial charge in [0.15, 0.2) is 0 Å². The van der Waals surface area contributed by atoms with Crippen molar-refractivity contribution < 1.29 is 28.5 Å². The third-order valence-corrected chi connectivity index (χ3v) is 5.55. The Morgan fingerprint density at radius 3 is 2.31 bits per heavy atom. The van der Waals surface area contributed by atoms with Crippen molar-refractivity contribution >= 4 is 5.97 Å². The van der Waals surface area contributed by atoms with Gasteiger partial charge in [0.2, 0.25) is 5.88 Å². The van der Waals surface area contributed by atoms with Crippen molar-refractivity contribution in [3.63, 3.8) is 0 Å². The molecular formula is C27H24N2O6. The van der Waals surface area contributed by atoms with Gasteiger partial charge in [-0.1, -0.05) is 12.1 Å². The minimum atomic E-state index is -0.541. The van der Waals surface area contributed by atoms with Gasteiger partial charge in [0, 0.05) is 23.3 Å². The summed E-state index contributed by atoms with van der Waals surface area (Å²) in [5, 5.41) is 9.82. The molecule has 1 aliphatic heterocycles. The summed E-state index contributed by atoms with van der Waals surface area (Å²) in [4.78, 5) is 12.6. The van der Waals surface area contributed by atoms with Gasteiger partial charge in [-0.15, -0.1) is 0 Å². The molecule has 35 heavy (non-hydrogen) atoms. The summed E-state index contributed by atoms with van der Waals surface area (Å²) in [7, 11) is 3.11. The number of benzene rings is 3. The van der Waals surface area contributed by atoms with E-state index in [9.17, 15) is 10.1 Å². The Morgan fingerprint density at radius 2 is 1.66 bits per heavy atom. The number of carbonyl (C=O) groups is 1. The number of esters is 1. The number of ether oxygens (including phenoxy) is 5. The van der Waals surface area contributed by atoms with Crippen LogP contribution in [0.5, 0.6) is 28.7 Å². The van der Waals surface area contributed by atoms with Crippen LogP contribution >= 0.6 is 0 Å². The van der Waals surface area contributed by atoms with E-state index in [1.807, 2.05) is 13.0 Å². The first-order valence-electron chi connectivity index (χ1n) is 10.9. The van der Waals surface area contributed by atoms with Crippen molar-refractivity contribution in [2.75, 3.05) is 20.8 Å². The number of rotatable bonds is 7. The highest BCUT2D eigenvalue weighted by Gasteiger charge is 2.33. The third-order valence-electron chi connectivity index (χ3n) is 5.55. The Balaban J connectivity index is 1.67. The number of hydrogen-bond acceptors (Lipinski definition) is 8. The number of allylic oxidation sites excluding steroid dienone is 1. The lowest BCUT2D eigenvalue weighted by Crippen LogP contribution is -2.21. The first-order valence-corrected chi connectivity index (χ1v) is 10.9. The third kappa shape index (κ3) is 4.70. The quantitative estimate of drug-likeness (QED) is 0.394. The zero-order chi connectivity index (χ0) is 24.9. The molecule has 8 heteroatoms. The van der Waals surface area contributed by atoms with Gasteiger partial charge in [-0.25, -0.2) is 4.79 Å². The minimum Gasteiger partial charge on any atom is -0.497 e. The zero-order valence-electron chi connectivity index (χ0n) is 19.5. The number of carbonyl (C=O) groups excluding carboxylic acids is 1. The van der Waals surface area contributed by atoms with E-state index in [0.29, 0.717) is 40.7 Å². The van der Waals surface area contributed by atoms with E-state index < -0.39 is 11.9 Å². The Morgan fingerprint density at radius 1 is 0.971 bits per heavy atom. The predicted molar refractivity (Wildman–Crippen MR) is 128 cm³/mol. The molecule has 0 radical (unpaired) electrons. The van der Waals surface area contributed by atoms with Crippen LogP contribution in [0.4, 0.5) is 0 Å². The van der Waals surface area contributed by atoms with Crippen LogP contribution in [-0.4, -0.2) is 26.8 Å². The molecule has 1 unspecified atom stereocenters. The van der Waals surface area contributed by atoms with Crippen LogP contribution in [0.25, 0.3) is 0 Å². The molecule has 0 aromatic heterocycles. The normalized spacial score (nSPS) is 14.3. The maximum absolute atomic E-state index is 12.6. The van der Waals surface area contributed by atoms with E-state index in [1.54, 1.807) is 68.8 Å². The molecule has 0 saturated carbocycles. The van der Waals surface area contributed by atoms with Crippen LogP contribution in [0, 0.1) is 11.3 Å². The maximum atomic E-state index is 12.6. The number of nitrogens with two attached hydrogens (primary N) is 1. The fourth-order valence-electron chi connectivity index (χ4n) is 3.90. The van der Waals surface area contributed by atoms with Crippen molar-refractivity contribution in [1.82, 2.24) is 0 Å². The molecular weight excluding hydrogens is 448 g/mol. The van der Waals surface area contributed by atoms with Gasteiger partial charge in [0.1, 0.15) is 40.4 Å². The van der Waals surface area contributed by atoms with Crippen molar-refractivity contribution in [3.8, 4) is 34.8 Å². The lowest BCUT2D eigenvalue weighted by Gasteiger charge is -2.27. The van der Waals surface area contributed by atoms with Gasteiger partial charge in [-0.3, -0.25) is 0 Å². The number of fused-ring (bicyclic) bond motifs is 1. The summed E-state index contributed by atoms with van der Waals surface area (Å²) in [5.74, 6) is 1.37. The van der Waals surface area contributed by atoms with E-state index in [2.05, 4.69) is 6.07 Å². The van der Waals surface area contributed by atoms with E-state index in [-0.39, 0.29) is 17.2 Å². The smallest absolute Gasteiger partial charge is 0.343 e. The molecule has 0 fully saturated rings. The van der Waals surface area contributed by atoms with E-state index in [4.69, 9.17) is 29.4 Å². The van der Waals surface area contributed by atoms with Gasteiger partial charge in [0.25, 0.3) is 0 Å². The Labute approximate surface area is 203 Å². The Kier molecular flexibility index (Phi) is 6.78. The standard InChI is InChI=1S/C27H24N2O6/c1-4-33-17-7-5-16(6-8-17)27(30)34-19-10-12-21-24(14-19)35-26(29)22(15-28)25(21)20-11-9-18(31-2)13-23(20)32-3/h5-14,25H,4,29H2,1-3H3. The summed E-state index contributed by atoms with van der Waals surface area (Å²) in [6.07, 6.45) is 0. The fraction of sp³-hybridized carbons (Fsp3) is 0.185. The Bertz CT molecular complexity index is 1320. The molecule has 0 aliphatic carbocycles. The summed E-state index contributed by atoms with van der Waals surface area (Å²) in [5.41, 5.74) is 8.13. The maximum Gasteiger partial charge on any atom is 0.343 e. The van der Waals surface area contributed by atoms with Crippen LogP contribution in [0.15, 0.2) is 72.1 Å². The molecule has 3 aromatic rings. The van der Waals surface area contributed by atoms with Gasteiger partial charge >= 0.3 is 5.97 Å². The van der Waals surface area contributed by atoms with Crippen molar-refractivity contribution in [3.05, 3.63) is 88.8 Å². The first kappa shape index (κ1) is 23.5. The lowest BCUT2D eigenvalue weighted by atomic mass is 9.83. The van der Waals surface area contributed by atoms with Crippen LogP contribution in [0.1, 0.15) is 34.3 Å². The second-order valence-electron chi connectivity index (χ2n) is 7.58. The van der Waals surface area contributed by atoms with Gasteiger partial charge < -0.3 is 29.4 Å².